The van der Waals surface area contributed by atoms with E-state index in [9.17, 15) is 4.79 Å². The van der Waals surface area contributed by atoms with E-state index >= 15 is 0 Å². The van der Waals surface area contributed by atoms with E-state index in [1.54, 1.807) is 23.7 Å². The molecule has 0 saturated carbocycles. The lowest BCUT2D eigenvalue weighted by Gasteiger charge is -2.18. The summed E-state index contributed by atoms with van der Waals surface area (Å²) < 4.78 is 5.57. The molecule has 0 aliphatic carbocycles. The van der Waals surface area contributed by atoms with Gasteiger partial charge in [0.1, 0.15) is 5.69 Å². The molecule has 6 heteroatoms. The number of hydrogen-bond acceptors (Lipinski definition) is 5. The molecular formula is C17H21N3O2S. The van der Waals surface area contributed by atoms with E-state index < -0.39 is 0 Å². The number of ether oxygens (including phenoxy) is 1. The number of aromatic nitrogens is 2. The van der Waals surface area contributed by atoms with Crippen LogP contribution in [0.1, 0.15) is 34.4 Å². The Kier molecular flexibility index (Phi) is 5.35. The third kappa shape index (κ3) is 4.14. The summed E-state index contributed by atoms with van der Waals surface area (Å²) in [6.07, 6.45) is 6.44. The Morgan fingerprint density at radius 3 is 3.00 bits per heavy atom. The number of carbonyl (C=O) groups is 1. The minimum absolute atomic E-state index is 0.0343. The monoisotopic (exact) mass is 331 g/mol. The summed E-state index contributed by atoms with van der Waals surface area (Å²) in [6, 6.07) is 4.05. The van der Waals surface area contributed by atoms with Crippen LogP contribution in [-0.2, 0) is 17.6 Å². The lowest BCUT2D eigenvalue weighted by Crippen LogP contribution is -2.40. The van der Waals surface area contributed by atoms with Crippen molar-refractivity contribution in [2.45, 2.75) is 32.2 Å². The average Bonchev–Trinajstić information content (AvgIpc) is 3.19. The van der Waals surface area contributed by atoms with Gasteiger partial charge in [-0.2, -0.15) is 0 Å². The van der Waals surface area contributed by atoms with Gasteiger partial charge in [-0.15, -0.1) is 11.3 Å². The van der Waals surface area contributed by atoms with Crippen LogP contribution in [0.15, 0.2) is 29.9 Å². The minimum atomic E-state index is -0.0983. The maximum atomic E-state index is 12.4. The van der Waals surface area contributed by atoms with Gasteiger partial charge in [-0.05, 0) is 37.0 Å². The number of hydrogen-bond donors (Lipinski definition) is 1. The van der Waals surface area contributed by atoms with Crippen molar-refractivity contribution in [1.82, 2.24) is 15.3 Å². The molecule has 2 aromatic heterocycles. The number of pyridine rings is 1. The highest BCUT2D eigenvalue weighted by atomic mass is 32.1. The first-order valence-electron chi connectivity index (χ1n) is 7.98. The van der Waals surface area contributed by atoms with Gasteiger partial charge in [0.05, 0.1) is 24.3 Å². The lowest BCUT2D eigenvalue weighted by atomic mass is 9.95. The van der Waals surface area contributed by atoms with E-state index in [0.717, 1.165) is 24.3 Å². The van der Waals surface area contributed by atoms with E-state index in [4.69, 9.17) is 4.74 Å². The Balaban J connectivity index is 1.60. The molecule has 1 aliphatic rings. The Hall–Kier alpha value is -1.79. The molecule has 0 bridgehead atoms. The predicted octanol–water partition coefficient (Wildman–Crippen LogP) is 2.48. The molecule has 2 unspecified atom stereocenters. The van der Waals surface area contributed by atoms with Gasteiger partial charge in [-0.1, -0.05) is 6.92 Å². The van der Waals surface area contributed by atoms with Gasteiger partial charge in [0.15, 0.2) is 0 Å². The maximum absolute atomic E-state index is 12.4. The van der Waals surface area contributed by atoms with Crippen molar-refractivity contribution in [3.05, 3.63) is 46.2 Å². The molecule has 2 atom stereocenters. The van der Waals surface area contributed by atoms with Crippen molar-refractivity contribution in [1.29, 1.82) is 0 Å². The van der Waals surface area contributed by atoms with E-state index in [-0.39, 0.29) is 17.9 Å². The summed E-state index contributed by atoms with van der Waals surface area (Å²) in [5.41, 5.74) is 1.74. The molecule has 1 amide bonds. The molecule has 1 fully saturated rings. The molecule has 122 valence electrons. The van der Waals surface area contributed by atoms with Crippen LogP contribution in [0.2, 0.25) is 0 Å². The second kappa shape index (κ2) is 7.66. The largest absolute Gasteiger partial charge is 0.379 e. The zero-order chi connectivity index (χ0) is 16.1. The van der Waals surface area contributed by atoms with Gasteiger partial charge < -0.3 is 10.1 Å². The second-order valence-corrected chi connectivity index (χ2v) is 6.76. The fourth-order valence-corrected chi connectivity index (χ4v) is 3.65. The van der Waals surface area contributed by atoms with Crippen LogP contribution in [0.5, 0.6) is 0 Å². The Morgan fingerprint density at radius 1 is 1.39 bits per heavy atom. The van der Waals surface area contributed by atoms with Crippen LogP contribution >= 0.6 is 11.3 Å². The number of nitrogens with one attached hydrogen (secondary N) is 1. The molecule has 3 rings (SSSR count). The van der Waals surface area contributed by atoms with Crippen molar-refractivity contribution in [2.24, 2.45) is 5.92 Å². The molecule has 2 aromatic rings. The molecular weight excluding hydrogens is 310 g/mol. The predicted molar refractivity (Wildman–Crippen MR) is 89.6 cm³/mol. The van der Waals surface area contributed by atoms with Gasteiger partial charge in [-0.25, -0.2) is 4.98 Å². The van der Waals surface area contributed by atoms with Crippen LogP contribution < -0.4 is 5.32 Å². The molecule has 0 spiro atoms. The second-order valence-electron chi connectivity index (χ2n) is 5.81. The third-order valence-electron chi connectivity index (χ3n) is 4.01. The van der Waals surface area contributed by atoms with Crippen molar-refractivity contribution < 1.29 is 9.53 Å². The van der Waals surface area contributed by atoms with Crippen LogP contribution in [-0.4, -0.2) is 35.1 Å². The van der Waals surface area contributed by atoms with E-state index in [2.05, 4.69) is 22.2 Å². The van der Waals surface area contributed by atoms with Crippen LogP contribution in [0.4, 0.5) is 0 Å². The Bertz CT molecular complexity index is 644. The van der Waals surface area contributed by atoms with Crippen molar-refractivity contribution >= 4 is 17.2 Å². The van der Waals surface area contributed by atoms with Gasteiger partial charge in [0.2, 0.25) is 0 Å². The summed E-state index contributed by atoms with van der Waals surface area (Å²) in [5.74, 6) is 0.189. The Morgan fingerprint density at radius 2 is 2.22 bits per heavy atom. The molecule has 0 aromatic carbocycles. The van der Waals surface area contributed by atoms with Crippen molar-refractivity contribution in [3.8, 4) is 0 Å². The van der Waals surface area contributed by atoms with Crippen LogP contribution in [0.3, 0.4) is 0 Å². The fraction of sp³-hybridized carbons (Fsp3) is 0.471. The average molecular weight is 331 g/mol. The smallest absolute Gasteiger partial charge is 0.271 e. The molecule has 1 aliphatic heterocycles. The van der Waals surface area contributed by atoms with E-state index in [0.29, 0.717) is 18.9 Å². The molecule has 5 nitrogen and oxygen atoms in total. The standard InChI is InChI=1S/C17H21N3O2S/c1-2-3-16-19-15(11-23-16)17(21)20-14-10-22-9-13(14)8-12-4-6-18-7-5-12/h4-7,11,13-14H,2-3,8-10H2,1H3,(H,20,21). The number of nitrogens with zero attached hydrogens (tertiary/aromatic N) is 2. The first kappa shape index (κ1) is 16.1. The molecule has 1 saturated heterocycles. The number of rotatable bonds is 6. The van der Waals surface area contributed by atoms with Crippen LogP contribution in [0.25, 0.3) is 0 Å². The normalized spacial score (nSPS) is 20.6. The van der Waals surface area contributed by atoms with E-state index in [1.807, 2.05) is 17.5 Å². The maximum Gasteiger partial charge on any atom is 0.271 e. The molecule has 0 radical (unpaired) electrons. The minimum Gasteiger partial charge on any atom is -0.379 e. The molecule has 23 heavy (non-hydrogen) atoms. The topological polar surface area (TPSA) is 64.1 Å². The third-order valence-corrected chi connectivity index (χ3v) is 4.92. The summed E-state index contributed by atoms with van der Waals surface area (Å²) in [6.45, 7) is 3.35. The van der Waals surface area contributed by atoms with E-state index in [1.165, 1.54) is 5.56 Å². The lowest BCUT2D eigenvalue weighted by molar-refractivity contribution is 0.0920. The van der Waals surface area contributed by atoms with Gasteiger partial charge >= 0.3 is 0 Å². The SMILES string of the molecule is CCCc1nc(C(=O)NC2COCC2Cc2ccncc2)cs1. The zero-order valence-corrected chi connectivity index (χ0v) is 14.0. The van der Waals surface area contributed by atoms with Crippen molar-refractivity contribution in [3.63, 3.8) is 0 Å². The van der Waals surface area contributed by atoms with Crippen molar-refractivity contribution in [2.75, 3.05) is 13.2 Å². The van der Waals surface area contributed by atoms with Gasteiger partial charge in [-0.3, -0.25) is 9.78 Å². The highest BCUT2D eigenvalue weighted by Gasteiger charge is 2.30. The molecule has 3 heterocycles. The highest BCUT2D eigenvalue weighted by molar-refractivity contribution is 7.09. The fourth-order valence-electron chi connectivity index (χ4n) is 2.77. The van der Waals surface area contributed by atoms with Gasteiger partial charge in [0.25, 0.3) is 5.91 Å². The number of carbonyl (C=O) groups excluding carboxylic acids is 1. The molecule has 1 N–H and O–H groups in total. The van der Waals surface area contributed by atoms with Gasteiger partial charge in [0, 0.05) is 23.7 Å². The summed E-state index contributed by atoms with van der Waals surface area (Å²) in [7, 11) is 0. The number of thiazole rings is 1. The first-order chi connectivity index (χ1) is 11.3. The first-order valence-corrected chi connectivity index (χ1v) is 8.86. The number of aryl methyl sites for hydroxylation is 1. The number of amides is 1. The van der Waals surface area contributed by atoms with Crippen LogP contribution in [0, 0.1) is 5.92 Å². The summed E-state index contributed by atoms with van der Waals surface area (Å²) >= 11 is 1.55. The summed E-state index contributed by atoms with van der Waals surface area (Å²) in [4.78, 5) is 20.8. The summed E-state index contributed by atoms with van der Waals surface area (Å²) in [5, 5.41) is 5.95. The Labute approximate surface area is 140 Å². The zero-order valence-electron chi connectivity index (χ0n) is 13.2. The quantitative estimate of drug-likeness (QED) is 0.883. The highest BCUT2D eigenvalue weighted by Crippen LogP contribution is 2.20.